The lowest BCUT2D eigenvalue weighted by molar-refractivity contribution is 0.672. The number of hydrogen-bond acceptors (Lipinski definition) is 4. The number of nitrogens with two attached hydrogens (primary N) is 1. The number of hydrogen-bond donors (Lipinski definition) is 1. The summed E-state index contributed by atoms with van der Waals surface area (Å²) < 4.78 is 0. The number of anilines is 2. The van der Waals surface area contributed by atoms with Crippen LogP contribution < -0.4 is 10.6 Å². The van der Waals surface area contributed by atoms with Gasteiger partial charge in [-0.2, -0.15) is 5.26 Å². The van der Waals surface area contributed by atoms with Gasteiger partial charge in [-0.3, -0.25) is 0 Å². The van der Waals surface area contributed by atoms with Crippen LogP contribution in [-0.4, -0.2) is 11.0 Å². The monoisotopic (exact) mass is 280 g/mol. The fraction of sp³-hybridized carbons (Fsp3) is 0.294. The molecule has 21 heavy (non-hydrogen) atoms. The molecule has 2 aromatic rings. The van der Waals surface area contributed by atoms with E-state index >= 15 is 0 Å². The smallest absolute Gasteiger partial charge is 0.147 e. The Bertz CT molecular complexity index is 671. The van der Waals surface area contributed by atoms with Gasteiger partial charge in [0, 0.05) is 24.5 Å². The van der Waals surface area contributed by atoms with Crippen molar-refractivity contribution in [1.82, 2.24) is 4.98 Å². The molecule has 0 unspecified atom stereocenters. The highest BCUT2D eigenvalue weighted by atomic mass is 15.2. The van der Waals surface area contributed by atoms with E-state index in [0.29, 0.717) is 12.1 Å². The molecule has 108 valence electrons. The van der Waals surface area contributed by atoms with Crippen LogP contribution in [0.5, 0.6) is 0 Å². The molecule has 0 radical (unpaired) electrons. The first-order valence-electron chi connectivity index (χ1n) is 7.00. The first-order chi connectivity index (χ1) is 10.0. The Morgan fingerprint density at radius 2 is 2.00 bits per heavy atom. The van der Waals surface area contributed by atoms with Gasteiger partial charge in [0.2, 0.25) is 0 Å². The first kappa shape index (κ1) is 14.9. The van der Waals surface area contributed by atoms with Crippen molar-refractivity contribution in [1.29, 1.82) is 5.26 Å². The highest BCUT2D eigenvalue weighted by Gasteiger charge is 2.18. The number of aryl methyl sites for hydroxylation is 1. The van der Waals surface area contributed by atoms with Crippen molar-refractivity contribution in [3.63, 3.8) is 0 Å². The van der Waals surface area contributed by atoms with Crippen LogP contribution >= 0.6 is 0 Å². The lowest BCUT2D eigenvalue weighted by Gasteiger charge is -2.29. The summed E-state index contributed by atoms with van der Waals surface area (Å²) in [7, 11) is 0. The lowest BCUT2D eigenvalue weighted by atomic mass is 10.1. The Morgan fingerprint density at radius 1 is 1.29 bits per heavy atom. The first-order valence-corrected chi connectivity index (χ1v) is 7.00. The van der Waals surface area contributed by atoms with Crippen molar-refractivity contribution in [2.75, 3.05) is 10.6 Å². The molecule has 0 aliphatic carbocycles. The molecule has 1 aromatic carbocycles. The van der Waals surface area contributed by atoms with Crippen LogP contribution in [0.1, 0.15) is 30.5 Å². The van der Waals surface area contributed by atoms with Crippen molar-refractivity contribution < 1.29 is 0 Å². The zero-order chi connectivity index (χ0) is 15.4. The fourth-order valence-electron chi connectivity index (χ4n) is 2.26. The number of para-hydroxylation sites is 1. The molecule has 1 heterocycles. The van der Waals surface area contributed by atoms with E-state index in [-0.39, 0.29) is 6.04 Å². The third-order valence-corrected chi connectivity index (χ3v) is 3.54. The Balaban J connectivity index is 2.44. The maximum atomic E-state index is 9.41. The number of pyridine rings is 1. The van der Waals surface area contributed by atoms with Crippen molar-refractivity contribution >= 4 is 11.5 Å². The van der Waals surface area contributed by atoms with E-state index in [1.54, 1.807) is 6.20 Å². The zero-order valence-corrected chi connectivity index (χ0v) is 12.7. The van der Waals surface area contributed by atoms with Crippen LogP contribution in [0.3, 0.4) is 0 Å². The van der Waals surface area contributed by atoms with E-state index in [1.807, 2.05) is 37.3 Å². The molecule has 0 fully saturated rings. The highest BCUT2D eigenvalue weighted by Crippen LogP contribution is 2.25. The third-order valence-electron chi connectivity index (χ3n) is 3.54. The minimum Gasteiger partial charge on any atom is -0.398 e. The number of nitrogens with zero attached hydrogens (tertiary/aromatic N) is 3. The predicted molar refractivity (Wildman–Crippen MR) is 85.9 cm³/mol. The normalized spacial score (nSPS) is 10.4. The molecule has 0 bridgehead atoms. The molecule has 2 N–H and O–H groups in total. The van der Waals surface area contributed by atoms with Crippen LogP contribution in [0.2, 0.25) is 0 Å². The second kappa shape index (κ2) is 6.27. The largest absolute Gasteiger partial charge is 0.398 e. The van der Waals surface area contributed by atoms with Gasteiger partial charge in [0.05, 0.1) is 5.56 Å². The summed E-state index contributed by atoms with van der Waals surface area (Å²) in [5.41, 5.74) is 9.40. The Labute approximate surface area is 125 Å². The number of nitriles is 1. The van der Waals surface area contributed by atoms with E-state index < -0.39 is 0 Å². The SMILES string of the molecule is Cc1ccnc(N(Cc2ccccc2N)C(C)C)c1C#N. The van der Waals surface area contributed by atoms with E-state index in [0.717, 1.165) is 22.6 Å². The molecular formula is C17H20N4. The van der Waals surface area contributed by atoms with E-state index in [9.17, 15) is 5.26 Å². The number of benzene rings is 1. The van der Waals surface area contributed by atoms with E-state index in [4.69, 9.17) is 5.73 Å². The predicted octanol–water partition coefficient (Wildman–Crippen LogP) is 3.26. The maximum absolute atomic E-state index is 9.41. The Morgan fingerprint density at radius 3 is 2.62 bits per heavy atom. The van der Waals surface area contributed by atoms with Gasteiger partial charge in [0.15, 0.2) is 0 Å². The van der Waals surface area contributed by atoms with Gasteiger partial charge in [-0.1, -0.05) is 18.2 Å². The summed E-state index contributed by atoms with van der Waals surface area (Å²) in [6.07, 6.45) is 1.75. The quantitative estimate of drug-likeness (QED) is 0.873. The molecule has 0 atom stereocenters. The fourth-order valence-corrected chi connectivity index (χ4v) is 2.26. The van der Waals surface area contributed by atoms with Gasteiger partial charge in [-0.25, -0.2) is 4.98 Å². The van der Waals surface area contributed by atoms with E-state index in [1.165, 1.54) is 0 Å². The van der Waals surface area contributed by atoms with Gasteiger partial charge in [0.25, 0.3) is 0 Å². The standard InChI is InChI=1S/C17H20N4/c1-12(2)21(11-14-6-4-5-7-16(14)19)17-15(10-18)13(3)8-9-20-17/h4-9,12H,11,19H2,1-3H3. The van der Waals surface area contributed by atoms with Gasteiger partial charge >= 0.3 is 0 Å². The molecule has 2 rings (SSSR count). The van der Waals surface area contributed by atoms with Gasteiger partial charge in [-0.15, -0.1) is 0 Å². The minimum absolute atomic E-state index is 0.214. The van der Waals surface area contributed by atoms with Crippen molar-refractivity contribution in [2.45, 2.75) is 33.4 Å². The average Bonchev–Trinajstić information content (AvgIpc) is 2.46. The van der Waals surface area contributed by atoms with E-state index in [2.05, 4.69) is 29.8 Å². The maximum Gasteiger partial charge on any atom is 0.147 e. The molecule has 0 spiro atoms. The van der Waals surface area contributed by atoms with Crippen LogP contribution in [0.15, 0.2) is 36.5 Å². The molecule has 0 saturated carbocycles. The summed E-state index contributed by atoms with van der Waals surface area (Å²) in [6, 6.07) is 12.1. The molecule has 0 aliphatic heterocycles. The molecular weight excluding hydrogens is 260 g/mol. The average molecular weight is 280 g/mol. The van der Waals surface area contributed by atoms with Crippen LogP contribution in [0.25, 0.3) is 0 Å². The Kier molecular flexibility index (Phi) is 4.44. The second-order valence-corrected chi connectivity index (χ2v) is 5.36. The minimum atomic E-state index is 0.214. The van der Waals surface area contributed by atoms with Crippen LogP contribution in [-0.2, 0) is 6.54 Å². The summed E-state index contributed by atoms with van der Waals surface area (Å²) in [5, 5.41) is 9.41. The third kappa shape index (κ3) is 3.14. The van der Waals surface area contributed by atoms with Gasteiger partial charge in [-0.05, 0) is 44.0 Å². The molecule has 0 aliphatic rings. The summed E-state index contributed by atoms with van der Waals surface area (Å²) in [5.74, 6) is 0.718. The van der Waals surface area contributed by atoms with Crippen molar-refractivity contribution in [3.05, 3.63) is 53.2 Å². The highest BCUT2D eigenvalue weighted by molar-refractivity contribution is 5.59. The van der Waals surface area contributed by atoms with Crippen LogP contribution in [0, 0.1) is 18.3 Å². The summed E-state index contributed by atoms with van der Waals surface area (Å²) in [4.78, 5) is 6.53. The molecule has 1 aromatic heterocycles. The number of rotatable bonds is 4. The van der Waals surface area contributed by atoms with Gasteiger partial charge < -0.3 is 10.6 Å². The number of aromatic nitrogens is 1. The van der Waals surface area contributed by atoms with Crippen molar-refractivity contribution in [2.24, 2.45) is 0 Å². The lowest BCUT2D eigenvalue weighted by Crippen LogP contribution is -2.32. The molecule has 4 heteroatoms. The molecule has 0 saturated heterocycles. The summed E-state index contributed by atoms with van der Waals surface area (Å²) >= 11 is 0. The van der Waals surface area contributed by atoms with Crippen LogP contribution in [0.4, 0.5) is 11.5 Å². The molecule has 4 nitrogen and oxygen atoms in total. The van der Waals surface area contributed by atoms with Gasteiger partial charge in [0.1, 0.15) is 11.9 Å². The topological polar surface area (TPSA) is 65.9 Å². The molecule has 0 amide bonds. The number of nitrogen functional groups attached to an aromatic ring is 1. The van der Waals surface area contributed by atoms with Crippen molar-refractivity contribution in [3.8, 4) is 6.07 Å². The summed E-state index contributed by atoms with van der Waals surface area (Å²) in [6.45, 7) is 6.74. The second-order valence-electron chi connectivity index (χ2n) is 5.36. The Hall–Kier alpha value is -2.54. The zero-order valence-electron chi connectivity index (χ0n) is 12.7.